The normalized spacial score (nSPS) is 22.1. The minimum Gasteiger partial charge on any atom is -0.355 e. The number of hydrogen-bond donors (Lipinski definition) is 1. The molecule has 2 aromatic rings. The molecule has 2 atom stereocenters. The molecule has 5 nitrogen and oxygen atoms in total. The maximum Gasteiger partial charge on any atom is 0.223 e. The van der Waals surface area contributed by atoms with Gasteiger partial charge >= 0.3 is 0 Å². The average Bonchev–Trinajstić information content (AvgIpc) is 3.37. The summed E-state index contributed by atoms with van der Waals surface area (Å²) in [5.74, 6) is 1.75. The van der Waals surface area contributed by atoms with E-state index in [4.69, 9.17) is 0 Å². The Morgan fingerprint density at radius 1 is 1.24 bits per heavy atom. The van der Waals surface area contributed by atoms with Crippen molar-refractivity contribution in [2.45, 2.75) is 51.0 Å². The molecule has 6 heteroatoms. The van der Waals surface area contributed by atoms with Crippen LogP contribution in [0.15, 0.2) is 24.3 Å². The Kier molecular flexibility index (Phi) is 4.51. The molecule has 1 aliphatic carbocycles. The van der Waals surface area contributed by atoms with Crippen LogP contribution in [-0.4, -0.2) is 27.2 Å². The number of fused-ring (bicyclic) bond motifs is 1. The third-order valence-electron chi connectivity index (χ3n) is 5.27. The molecule has 25 heavy (non-hydrogen) atoms. The Morgan fingerprint density at radius 3 is 3.00 bits per heavy atom. The highest BCUT2D eigenvalue weighted by atomic mass is 19.1. The Balaban J connectivity index is 1.29. The van der Waals surface area contributed by atoms with Crippen LogP contribution in [-0.2, 0) is 24.2 Å². The second kappa shape index (κ2) is 6.94. The zero-order valence-electron chi connectivity index (χ0n) is 14.2. The molecule has 2 aliphatic rings. The summed E-state index contributed by atoms with van der Waals surface area (Å²) in [6.07, 6.45) is 5.98. The summed E-state index contributed by atoms with van der Waals surface area (Å²) in [7, 11) is 0. The molecular formula is C19H23FN4O. The van der Waals surface area contributed by atoms with Crippen LogP contribution in [0.3, 0.4) is 0 Å². The van der Waals surface area contributed by atoms with Crippen LogP contribution in [0.5, 0.6) is 0 Å². The summed E-state index contributed by atoms with van der Waals surface area (Å²) in [4.78, 5) is 12.3. The van der Waals surface area contributed by atoms with Gasteiger partial charge in [0, 0.05) is 31.8 Å². The smallest absolute Gasteiger partial charge is 0.223 e. The van der Waals surface area contributed by atoms with Gasteiger partial charge in [-0.1, -0.05) is 24.6 Å². The number of carbonyl (C=O) groups excluding carboxylic acids is 1. The number of halogens is 1. The SMILES string of the molecule is O=C(NCCc1nnc2n1CCCCC2)C1CC1c1ccccc1F. The van der Waals surface area contributed by atoms with Crippen molar-refractivity contribution in [3.63, 3.8) is 0 Å². The van der Waals surface area contributed by atoms with Crippen LogP contribution >= 0.6 is 0 Å². The van der Waals surface area contributed by atoms with Crippen molar-refractivity contribution in [1.29, 1.82) is 0 Å². The largest absolute Gasteiger partial charge is 0.355 e. The van der Waals surface area contributed by atoms with Crippen molar-refractivity contribution in [2.24, 2.45) is 5.92 Å². The van der Waals surface area contributed by atoms with Gasteiger partial charge in [-0.05, 0) is 36.8 Å². The Hall–Kier alpha value is -2.24. The predicted molar refractivity (Wildman–Crippen MR) is 91.5 cm³/mol. The molecule has 0 saturated heterocycles. The topological polar surface area (TPSA) is 59.8 Å². The summed E-state index contributed by atoms with van der Waals surface area (Å²) in [6.45, 7) is 1.53. The molecule has 1 aromatic heterocycles. The van der Waals surface area contributed by atoms with Gasteiger partial charge in [0.25, 0.3) is 0 Å². The highest BCUT2D eigenvalue weighted by Gasteiger charge is 2.44. The number of hydrogen-bond acceptors (Lipinski definition) is 3. The zero-order chi connectivity index (χ0) is 17.2. The van der Waals surface area contributed by atoms with E-state index in [1.165, 1.54) is 18.9 Å². The summed E-state index contributed by atoms with van der Waals surface area (Å²) in [5, 5.41) is 11.5. The molecule has 1 N–H and O–H groups in total. The molecule has 1 saturated carbocycles. The van der Waals surface area contributed by atoms with Crippen LogP contribution in [0.1, 0.15) is 48.8 Å². The molecular weight excluding hydrogens is 319 g/mol. The van der Waals surface area contributed by atoms with Crippen molar-refractivity contribution in [1.82, 2.24) is 20.1 Å². The number of aromatic nitrogens is 3. The molecule has 132 valence electrons. The Labute approximate surface area is 146 Å². The maximum absolute atomic E-state index is 13.8. The van der Waals surface area contributed by atoms with E-state index in [9.17, 15) is 9.18 Å². The second-order valence-electron chi connectivity index (χ2n) is 7.01. The van der Waals surface area contributed by atoms with E-state index in [0.717, 1.165) is 37.5 Å². The number of amides is 1. The third-order valence-corrected chi connectivity index (χ3v) is 5.27. The van der Waals surface area contributed by atoms with Gasteiger partial charge in [0.05, 0.1) is 0 Å². The van der Waals surface area contributed by atoms with Crippen molar-refractivity contribution in [2.75, 3.05) is 6.54 Å². The average molecular weight is 342 g/mol. The second-order valence-corrected chi connectivity index (χ2v) is 7.01. The fourth-order valence-corrected chi connectivity index (χ4v) is 3.76. The molecule has 1 aromatic carbocycles. The first-order valence-electron chi connectivity index (χ1n) is 9.17. The van der Waals surface area contributed by atoms with Crippen LogP contribution in [0, 0.1) is 11.7 Å². The van der Waals surface area contributed by atoms with Crippen molar-refractivity contribution in [3.8, 4) is 0 Å². The van der Waals surface area contributed by atoms with Crippen molar-refractivity contribution in [3.05, 3.63) is 47.3 Å². The Bertz CT molecular complexity index is 773. The first-order chi connectivity index (χ1) is 12.2. The van der Waals surface area contributed by atoms with E-state index in [0.29, 0.717) is 18.5 Å². The van der Waals surface area contributed by atoms with Crippen LogP contribution in [0.2, 0.25) is 0 Å². The number of benzene rings is 1. The third kappa shape index (κ3) is 3.43. The Morgan fingerprint density at radius 2 is 2.12 bits per heavy atom. The quantitative estimate of drug-likeness (QED) is 0.909. The van der Waals surface area contributed by atoms with Gasteiger partial charge in [-0.2, -0.15) is 0 Å². The van der Waals surface area contributed by atoms with Crippen molar-refractivity contribution < 1.29 is 9.18 Å². The lowest BCUT2D eigenvalue weighted by Gasteiger charge is -2.08. The summed E-state index contributed by atoms with van der Waals surface area (Å²) in [5.41, 5.74) is 0.658. The molecule has 1 fully saturated rings. The number of carbonyl (C=O) groups is 1. The first kappa shape index (κ1) is 16.2. The lowest BCUT2D eigenvalue weighted by molar-refractivity contribution is -0.122. The lowest BCUT2D eigenvalue weighted by Crippen LogP contribution is -2.28. The highest BCUT2D eigenvalue weighted by molar-refractivity contribution is 5.82. The first-order valence-corrected chi connectivity index (χ1v) is 9.17. The summed E-state index contributed by atoms with van der Waals surface area (Å²) >= 11 is 0. The van der Waals surface area contributed by atoms with Gasteiger partial charge in [-0.15, -0.1) is 10.2 Å². The molecule has 1 amide bonds. The molecule has 2 heterocycles. The van der Waals surface area contributed by atoms with Gasteiger partial charge in [-0.25, -0.2) is 4.39 Å². The monoisotopic (exact) mass is 342 g/mol. The molecule has 0 bridgehead atoms. The van der Waals surface area contributed by atoms with Crippen molar-refractivity contribution >= 4 is 5.91 Å². The van der Waals surface area contributed by atoms with Gasteiger partial charge in [0.15, 0.2) is 0 Å². The van der Waals surface area contributed by atoms with E-state index in [-0.39, 0.29) is 23.6 Å². The van der Waals surface area contributed by atoms with E-state index in [1.807, 2.05) is 6.07 Å². The molecule has 0 radical (unpaired) electrons. The highest BCUT2D eigenvalue weighted by Crippen LogP contribution is 2.48. The fraction of sp³-hybridized carbons (Fsp3) is 0.526. The zero-order valence-corrected chi connectivity index (χ0v) is 14.2. The van der Waals surface area contributed by atoms with Gasteiger partial charge in [0.2, 0.25) is 5.91 Å². The standard InChI is InChI=1S/C19H23FN4O/c20-16-7-4-3-6-13(16)14-12-15(14)19(25)21-10-9-18-23-22-17-8-2-1-5-11-24(17)18/h3-4,6-7,14-15H,1-2,5,8-12H2,(H,21,25). The molecule has 2 unspecified atom stereocenters. The number of rotatable bonds is 5. The molecule has 4 rings (SSSR count). The van der Waals surface area contributed by atoms with Crippen LogP contribution in [0.4, 0.5) is 4.39 Å². The summed E-state index contributed by atoms with van der Waals surface area (Å²) in [6, 6.07) is 6.73. The van der Waals surface area contributed by atoms with Crippen LogP contribution in [0.25, 0.3) is 0 Å². The van der Waals surface area contributed by atoms with E-state index >= 15 is 0 Å². The summed E-state index contributed by atoms with van der Waals surface area (Å²) < 4.78 is 16.0. The van der Waals surface area contributed by atoms with E-state index in [2.05, 4.69) is 20.1 Å². The minimum absolute atomic E-state index is 0.0175. The lowest BCUT2D eigenvalue weighted by atomic mass is 10.1. The molecule has 0 spiro atoms. The maximum atomic E-state index is 13.8. The predicted octanol–water partition coefficient (Wildman–Crippen LogP) is 2.61. The van der Waals surface area contributed by atoms with Gasteiger partial charge in [-0.3, -0.25) is 4.79 Å². The minimum atomic E-state index is -0.214. The van der Waals surface area contributed by atoms with Gasteiger partial charge < -0.3 is 9.88 Å². The number of nitrogens with one attached hydrogen (secondary N) is 1. The molecule has 1 aliphatic heterocycles. The van der Waals surface area contributed by atoms with Gasteiger partial charge in [0.1, 0.15) is 17.5 Å². The number of nitrogens with zero attached hydrogens (tertiary/aromatic N) is 3. The van der Waals surface area contributed by atoms with E-state index < -0.39 is 0 Å². The van der Waals surface area contributed by atoms with E-state index in [1.54, 1.807) is 12.1 Å². The number of aryl methyl sites for hydroxylation is 1. The van der Waals surface area contributed by atoms with Crippen LogP contribution < -0.4 is 5.32 Å². The fourth-order valence-electron chi connectivity index (χ4n) is 3.76.